The van der Waals surface area contributed by atoms with E-state index in [4.69, 9.17) is 9.47 Å². The molecule has 0 radical (unpaired) electrons. The standard InChI is InChI=1S/C18H20O3S/c1-4-14-9-10-16(13(2)11-14)21-12-15-7-5-6-8-17(15)22-18(19)20-3/h5-11H,4,12H2,1-3H3. The second-order valence-electron chi connectivity index (χ2n) is 4.91. The Kier molecular flexibility index (Phi) is 5.90. The molecule has 0 aliphatic carbocycles. The number of carbonyl (C=O) groups excluding carboxylic acids is 1. The third-order valence-electron chi connectivity index (χ3n) is 3.36. The van der Waals surface area contributed by atoms with Gasteiger partial charge in [0.25, 0.3) is 0 Å². The normalized spacial score (nSPS) is 10.3. The Morgan fingerprint density at radius 3 is 2.64 bits per heavy atom. The quantitative estimate of drug-likeness (QED) is 0.575. The summed E-state index contributed by atoms with van der Waals surface area (Å²) in [5, 5.41) is -0.323. The zero-order chi connectivity index (χ0) is 15.9. The van der Waals surface area contributed by atoms with Crippen LogP contribution in [0.5, 0.6) is 5.75 Å². The third-order valence-corrected chi connectivity index (χ3v) is 4.31. The minimum Gasteiger partial charge on any atom is -0.489 e. The molecule has 0 N–H and O–H groups in total. The number of thioether (sulfide) groups is 1. The maximum absolute atomic E-state index is 11.4. The lowest BCUT2D eigenvalue weighted by molar-refractivity contribution is 0.200. The summed E-state index contributed by atoms with van der Waals surface area (Å²) in [6, 6.07) is 13.9. The number of benzene rings is 2. The summed E-state index contributed by atoms with van der Waals surface area (Å²) < 4.78 is 10.6. The van der Waals surface area contributed by atoms with E-state index < -0.39 is 0 Å². The summed E-state index contributed by atoms with van der Waals surface area (Å²) in [7, 11) is 1.38. The van der Waals surface area contributed by atoms with E-state index in [1.807, 2.05) is 37.3 Å². The number of aryl methyl sites for hydroxylation is 2. The minimum atomic E-state index is -0.323. The maximum Gasteiger partial charge on any atom is 0.371 e. The van der Waals surface area contributed by atoms with Gasteiger partial charge in [0, 0.05) is 10.5 Å². The Morgan fingerprint density at radius 1 is 1.18 bits per heavy atom. The molecule has 116 valence electrons. The van der Waals surface area contributed by atoms with Crippen molar-refractivity contribution in [1.82, 2.24) is 0 Å². The third kappa shape index (κ3) is 4.28. The molecule has 0 aromatic heterocycles. The van der Waals surface area contributed by atoms with E-state index >= 15 is 0 Å². The van der Waals surface area contributed by atoms with Gasteiger partial charge < -0.3 is 9.47 Å². The molecule has 0 saturated heterocycles. The average molecular weight is 316 g/mol. The van der Waals surface area contributed by atoms with Crippen molar-refractivity contribution in [1.29, 1.82) is 0 Å². The van der Waals surface area contributed by atoms with Gasteiger partial charge in [0.1, 0.15) is 12.4 Å². The second-order valence-corrected chi connectivity index (χ2v) is 5.88. The largest absolute Gasteiger partial charge is 0.489 e. The van der Waals surface area contributed by atoms with Crippen LogP contribution in [-0.2, 0) is 17.8 Å². The van der Waals surface area contributed by atoms with Crippen molar-refractivity contribution < 1.29 is 14.3 Å². The van der Waals surface area contributed by atoms with Gasteiger partial charge in [-0.3, -0.25) is 0 Å². The van der Waals surface area contributed by atoms with Crippen molar-refractivity contribution in [3.63, 3.8) is 0 Å². The summed E-state index contributed by atoms with van der Waals surface area (Å²) in [4.78, 5) is 12.3. The van der Waals surface area contributed by atoms with Gasteiger partial charge in [-0.05, 0) is 48.4 Å². The Balaban J connectivity index is 2.10. The van der Waals surface area contributed by atoms with Crippen molar-refractivity contribution in [3.8, 4) is 5.75 Å². The maximum atomic E-state index is 11.4. The molecule has 0 aliphatic rings. The van der Waals surface area contributed by atoms with E-state index in [1.54, 1.807) is 0 Å². The van der Waals surface area contributed by atoms with Crippen LogP contribution < -0.4 is 4.74 Å². The fourth-order valence-electron chi connectivity index (χ4n) is 2.10. The van der Waals surface area contributed by atoms with Crippen molar-refractivity contribution in [2.45, 2.75) is 31.8 Å². The molecule has 0 unspecified atom stereocenters. The fourth-order valence-corrected chi connectivity index (χ4v) is 2.77. The van der Waals surface area contributed by atoms with E-state index in [-0.39, 0.29) is 5.30 Å². The second kappa shape index (κ2) is 7.90. The monoisotopic (exact) mass is 316 g/mol. The van der Waals surface area contributed by atoms with Gasteiger partial charge in [0.15, 0.2) is 0 Å². The van der Waals surface area contributed by atoms with Crippen LogP contribution in [0.4, 0.5) is 4.79 Å². The zero-order valence-corrected chi connectivity index (χ0v) is 13.9. The molecule has 0 amide bonds. The molecule has 2 aromatic rings. The lowest BCUT2D eigenvalue weighted by atomic mass is 10.1. The molecule has 22 heavy (non-hydrogen) atoms. The molecule has 0 saturated carbocycles. The summed E-state index contributed by atoms with van der Waals surface area (Å²) in [5.41, 5.74) is 3.39. The minimum absolute atomic E-state index is 0.323. The predicted molar refractivity (Wildman–Crippen MR) is 89.6 cm³/mol. The van der Waals surface area contributed by atoms with E-state index in [2.05, 4.69) is 19.1 Å². The molecule has 0 heterocycles. The Hall–Kier alpha value is -1.94. The molecule has 2 rings (SSSR count). The van der Waals surface area contributed by atoms with Crippen LogP contribution in [0.2, 0.25) is 0 Å². The highest BCUT2D eigenvalue weighted by molar-refractivity contribution is 8.13. The van der Waals surface area contributed by atoms with Gasteiger partial charge in [-0.1, -0.05) is 37.3 Å². The van der Waals surface area contributed by atoms with Crippen LogP contribution in [-0.4, -0.2) is 12.4 Å². The fraction of sp³-hybridized carbons (Fsp3) is 0.278. The van der Waals surface area contributed by atoms with Gasteiger partial charge in [-0.2, -0.15) is 0 Å². The molecule has 0 fully saturated rings. The lowest BCUT2D eigenvalue weighted by Crippen LogP contribution is -2.00. The first-order chi connectivity index (χ1) is 10.6. The van der Waals surface area contributed by atoms with Crippen molar-refractivity contribution in [2.24, 2.45) is 0 Å². The van der Waals surface area contributed by atoms with Crippen molar-refractivity contribution in [3.05, 3.63) is 59.2 Å². The summed E-state index contributed by atoms with van der Waals surface area (Å²) in [6.07, 6.45) is 1.01. The van der Waals surface area contributed by atoms with Crippen LogP contribution in [0, 0.1) is 6.92 Å². The van der Waals surface area contributed by atoms with Crippen LogP contribution >= 0.6 is 11.8 Å². The molecule has 2 aromatic carbocycles. The molecule has 0 atom stereocenters. The van der Waals surface area contributed by atoms with Gasteiger partial charge >= 0.3 is 5.30 Å². The molecule has 3 nitrogen and oxygen atoms in total. The van der Waals surface area contributed by atoms with E-state index in [0.717, 1.165) is 40.0 Å². The SMILES string of the molecule is CCc1ccc(OCc2ccccc2SC(=O)OC)c(C)c1. The van der Waals surface area contributed by atoms with E-state index in [1.165, 1.54) is 12.7 Å². The van der Waals surface area contributed by atoms with Gasteiger partial charge in [-0.25, -0.2) is 4.79 Å². The Morgan fingerprint density at radius 2 is 1.95 bits per heavy atom. The summed E-state index contributed by atoms with van der Waals surface area (Å²) >= 11 is 1.07. The first-order valence-electron chi connectivity index (χ1n) is 7.20. The smallest absolute Gasteiger partial charge is 0.371 e. The van der Waals surface area contributed by atoms with Crippen LogP contribution in [0.3, 0.4) is 0 Å². The highest BCUT2D eigenvalue weighted by Gasteiger charge is 2.10. The molecular weight excluding hydrogens is 296 g/mol. The highest BCUT2D eigenvalue weighted by atomic mass is 32.2. The van der Waals surface area contributed by atoms with Crippen LogP contribution in [0.25, 0.3) is 0 Å². The summed E-state index contributed by atoms with van der Waals surface area (Å²) in [5.74, 6) is 0.870. The number of carbonyl (C=O) groups is 1. The van der Waals surface area contributed by atoms with Crippen LogP contribution in [0.1, 0.15) is 23.6 Å². The molecule has 0 spiro atoms. The Labute approximate surface area is 135 Å². The van der Waals surface area contributed by atoms with Crippen molar-refractivity contribution >= 4 is 17.1 Å². The average Bonchev–Trinajstić information content (AvgIpc) is 2.54. The van der Waals surface area contributed by atoms with Crippen molar-refractivity contribution in [2.75, 3.05) is 7.11 Å². The first kappa shape index (κ1) is 16.4. The number of hydrogen-bond donors (Lipinski definition) is 0. The van der Waals surface area contributed by atoms with Gasteiger partial charge in [0.2, 0.25) is 0 Å². The first-order valence-corrected chi connectivity index (χ1v) is 8.01. The van der Waals surface area contributed by atoms with E-state index in [9.17, 15) is 4.79 Å². The Bertz CT molecular complexity index is 653. The molecular formula is C18H20O3S. The number of methoxy groups -OCH3 is 1. The number of rotatable bonds is 5. The molecule has 0 aliphatic heterocycles. The summed E-state index contributed by atoms with van der Waals surface area (Å²) in [6.45, 7) is 4.60. The van der Waals surface area contributed by atoms with Gasteiger partial charge in [-0.15, -0.1) is 0 Å². The molecule has 0 bridgehead atoms. The lowest BCUT2D eigenvalue weighted by Gasteiger charge is -2.12. The van der Waals surface area contributed by atoms with Crippen LogP contribution in [0.15, 0.2) is 47.4 Å². The molecule has 4 heteroatoms. The zero-order valence-electron chi connectivity index (χ0n) is 13.1. The van der Waals surface area contributed by atoms with Gasteiger partial charge in [0.05, 0.1) is 7.11 Å². The number of hydrogen-bond acceptors (Lipinski definition) is 4. The highest BCUT2D eigenvalue weighted by Crippen LogP contribution is 2.26. The predicted octanol–water partition coefficient (Wildman–Crippen LogP) is 4.99. The van der Waals surface area contributed by atoms with E-state index in [0.29, 0.717) is 6.61 Å². The topological polar surface area (TPSA) is 35.5 Å². The number of ether oxygens (including phenoxy) is 2.